The number of rotatable bonds is 14. The molecule has 0 aliphatic carbocycles. The van der Waals surface area contributed by atoms with Gasteiger partial charge in [0.25, 0.3) is 0 Å². The van der Waals surface area contributed by atoms with E-state index in [4.69, 9.17) is 74.0 Å². The molecule has 4 aromatic carbocycles. The van der Waals surface area contributed by atoms with E-state index in [-0.39, 0.29) is 47.9 Å². The molecule has 7 aromatic rings. The zero-order valence-electron chi connectivity index (χ0n) is 52.2. The van der Waals surface area contributed by atoms with Gasteiger partial charge in [0.15, 0.2) is 49.9 Å². The molecule has 3 aromatic heterocycles. The maximum atomic E-state index is 13.2. The molecular formula is C60H76BrCl4N11O9S4. The van der Waals surface area contributed by atoms with Gasteiger partial charge in [0, 0.05) is 45.0 Å². The summed E-state index contributed by atoms with van der Waals surface area (Å²) in [6, 6.07) is 29.2. The van der Waals surface area contributed by atoms with E-state index in [2.05, 4.69) is 77.6 Å². The summed E-state index contributed by atoms with van der Waals surface area (Å²) in [6.45, 7) is 24.2. The minimum Gasteiger partial charge on any atom is -0.386 e. The third-order valence-corrected chi connectivity index (χ3v) is 25.1. The number of halogens is 5. The summed E-state index contributed by atoms with van der Waals surface area (Å²) in [6.07, 6.45) is 1.65. The Kier molecular flexibility index (Phi) is 25.3. The number of nitrogens with two attached hydrogens (primary N) is 2. The number of carbonyl (C=O) groups is 1. The smallest absolute Gasteiger partial charge is 0.196 e. The number of nitrogens with zero attached hydrogens (tertiary/aromatic N) is 6. The molecule has 7 N–H and O–H groups in total. The number of nitrogens with one attached hydrogen (secondary N) is 3. The van der Waals surface area contributed by atoms with Crippen molar-refractivity contribution in [1.29, 1.82) is 16.1 Å². The summed E-state index contributed by atoms with van der Waals surface area (Å²) in [7, 11) is -11.0. The molecule has 0 unspecified atom stereocenters. The molecule has 7 rings (SSSR count). The van der Waals surface area contributed by atoms with Crippen LogP contribution in [0.25, 0.3) is 11.4 Å². The molecule has 0 spiro atoms. The minimum absolute atomic E-state index is 0.0113. The topological polar surface area (TPSA) is 341 Å². The number of aryl methyl sites for hydroxylation is 2. The monoisotopic (exact) mass is 1440 g/mol. The van der Waals surface area contributed by atoms with Crippen molar-refractivity contribution in [3.05, 3.63) is 158 Å². The van der Waals surface area contributed by atoms with Crippen LogP contribution in [0.5, 0.6) is 0 Å². The summed E-state index contributed by atoms with van der Waals surface area (Å²) < 4.78 is 96.7. The highest BCUT2D eigenvalue weighted by Gasteiger charge is 2.42. The van der Waals surface area contributed by atoms with Crippen molar-refractivity contribution >= 4 is 119 Å². The predicted molar refractivity (Wildman–Crippen MR) is 359 cm³/mol. The number of hydrogen-bond acceptors (Lipinski definition) is 15. The van der Waals surface area contributed by atoms with Crippen LogP contribution in [0.2, 0.25) is 20.1 Å². The Bertz CT molecular complexity index is 4090. The Morgan fingerprint density at radius 3 is 1.16 bits per heavy atom. The SMILES string of the molecule is CC(C)(C#N)S(=O)(=O)c1ccc(Cl)cc1.CC(C)(C(=N)N)S(=O)(=O)c1ccc(Cl)cc1.CC(C)(C(=N)N)S(=O)(=O)c1ccc(Cl)cc1.Cn1nc(C(C)(C)C)cc1-c1cnc(C(C)(C)S(=O)(=O)c2ccc(Cl)cc2)[nH]1.Cn1nc(C(C)(C)C)cc1C(=O)CBr. The maximum absolute atomic E-state index is 13.2. The number of imidazole rings is 1. The van der Waals surface area contributed by atoms with Gasteiger partial charge in [-0.1, -0.05) is 104 Å². The lowest BCUT2D eigenvalue weighted by atomic mass is 9.92. The standard InChI is InChI=1S/C20H25ClN4O2S.C10H15BrN2O.2C10H13ClN2O2S.C10H10ClNO2S/c1-19(2,3)17-11-16(25(6)24-17)15-12-22-18(23-15)20(4,5)28(26,27)14-9-7-13(21)8-10-14;1-10(2,3)9-5-7(8(14)6-11)13(4)12-9;2*1-10(2,9(12)13)16(14,15)8-5-3-7(11)4-6-8;1-10(2,7-12)15(13,14)9-5-3-8(11)4-6-9/h7-12H,1-6H3,(H,22,23);5H,6H2,1-4H3;2*3-6H,1-2H3,(H3,12,13);3-6H,1-2H3. The second-order valence-corrected chi connectivity index (χ2v) is 36.4. The van der Waals surface area contributed by atoms with Crippen LogP contribution in [-0.4, -0.2) is 100 Å². The lowest BCUT2D eigenvalue weighted by Crippen LogP contribution is -2.44. The van der Waals surface area contributed by atoms with E-state index in [9.17, 15) is 38.5 Å². The van der Waals surface area contributed by atoms with Gasteiger partial charge < -0.3 is 16.5 Å². The fourth-order valence-corrected chi connectivity index (χ4v) is 13.3. The van der Waals surface area contributed by atoms with Crippen LogP contribution in [0.15, 0.2) is 135 Å². The number of benzene rings is 4. The second kappa shape index (κ2) is 29.1. The van der Waals surface area contributed by atoms with Gasteiger partial charge in [0.1, 0.15) is 37.4 Å². The van der Waals surface area contributed by atoms with E-state index in [0.29, 0.717) is 36.9 Å². The highest BCUT2D eigenvalue weighted by atomic mass is 79.9. The fraction of sp³-hybridized carbons (Fsp3) is 0.383. The Morgan fingerprint density at radius 1 is 0.551 bits per heavy atom. The van der Waals surface area contributed by atoms with Crippen LogP contribution in [0, 0.1) is 22.1 Å². The van der Waals surface area contributed by atoms with Crippen molar-refractivity contribution in [3.63, 3.8) is 0 Å². The number of carbonyl (C=O) groups excluding carboxylic acids is 1. The van der Waals surface area contributed by atoms with Gasteiger partial charge in [-0.3, -0.25) is 25.0 Å². The number of Topliss-reactive ketones (excluding diaryl/α,β-unsaturated/α-hetero) is 1. The molecule has 0 radical (unpaired) electrons. The first-order valence-corrected chi connectivity index (χ1v) is 35.3. The van der Waals surface area contributed by atoms with Crippen molar-refractivity contribution in [2.24, 2.45) is 25.6 Å². The van der Waals surface area contributed by atoms with Gasteiger partial charge in [-0.25, -0.2) is 38.7 Å². The summed E-state index contributed by atoms with van der Waals surface area (Å²) in [5.41, 5.74) is 14.6. The van der Waals surface area contributed by atoms with Gasteiger partial charge in [-0.05, 0) is 165 Å². The highest BCUT2D eigenvalue weighted by molar-refractivity contribution is 9.09. The molecular weight excluding hydrogens is 1370 g/mol. The van der Waals surface area contributed by atoms with Crippen LogP contribution in [0.4, 0.5) is 0 Å². The third kappa shape index (κ3) is 18.2. The second-order valence-electron chi connectivity index (χ2n) is 24.1. The highest BCUT2D eigenvalue weighted by Crippen LogP contribution is 2.36. The minimum atomic E-state index is -3.68. The predicted octanol–water partition coefficient (Wildman–Crippen LogP) is 12.8. The van der Waals surface area contributed by atoms with Gasteiger partial charge in [0.05, 0.1) is 60.0 Å². The normalized spacial score (nSPS) is 12.5. The van der Waals surface area contributed by atoms with Gasteiger partial charge >= 0.3 is 0 Å². The van der Waals surface area contributed by atoms with Crippen LogP contribution in [-0.2, 0) is 69.0 Å². The Balaban J connectivity index is 0.000000300. The molecule has 0 saturated carbocycles. The number of aromatic nitrogens is 6. The number of hydrogen-bond donors (Lipinski definition) is 5. The summed E-state index contributed by atoms with van der Waals surface area (Å²) >= 11 is 26.0. The van der Waals surface area contributed by atoms with Crippen molar-refractivity contribution in [1.82, 2.24) is 29.5 Å². The molecule has 0 saturated heterocycles. The number of alkyl halides is 1. The lowest BCUT2D eigenvalue weighted by Gasteiger charge is -2.23. The van der Waals surface area contributed by atoms with Crippen molar-refractivity contribution in [2.75, 3.05) is 5.33 Å². The first kappa shape index (κ1) is 77.3. The quantitative estimate of drug-likeness (QED) is 0.0292. The average Bonchev–Trinajstić information content (AvgIpc) is 1.75. The van der Waals surface area contributed by atoms with E-state index in [1.807, 2.05) is 19.2 Å². The zero-order valence-corrected chi connectivity index (χ0v) is 60.1. The molecule has 89 heavy (non-hydrogen) atoms. The van der Waals surface area contributed by atoms with Crippen molar-refractivity contribution in [3.8, 4) is 17.5 Å². The Morgan fingerprint density at radius 2 is 0.865 bits per heavy atom. The molecule has 0 bridgehead atoms. The van der Waals surface area contributed by atoms with E-state index < -0.39 is 58.3 Å². The van der Waals surface area contributed by atoms with Crippen molar-refractivity contribution in [2.45, 2.75) is 146 Å². The molecule has 0 atom stereocenters. The molecule has 0 aliphatic heterocycles. The molecule has 0 fully saturated rings. The largest absolute Gasteiger partial charge is 0.386 e. The summed E-state index contributed by atoms with van der Waals surface area (Å²) in [5, 5.41) is 34.5. The molecule has 20 nitrogen and oxygen atoms in total. The van der Waals surface area contributed by atoms with E-state index in [1.165, 1.54) is 126 Å². The van der Waals surface area contributed by atoms with Crippen LogP contribution in [0.1, 0.15) is 125 Å². The molecule has 29 heteroatoms. The maximum Gasteiger partial charge on any atom is 0.196 e. The molecule has 0 amide bonds. The lowest BCUT2D eigenvalue weighted by molar-refractivity contribution is 0.101. The molecule has 3 heterocycles. The van der Waals surface area contributed by atoms with Gasteiger partial charge in [-0.15, -0.1) is 0 Å². The van der Waals surface area contributed by atoms with Crippen molar-refractivity contribution < 1.29 is 38.5 Å². The first-order chi connectivity index (χ1) is 40.4. The zero-order chi connectivity index (χ0) is 68.6. The number of aromatic amines is 1. The number of ketones is 1. The van der Waals surface area contributed by atoms with E-state index in [0.717, 1.165) is 22.8 Å². The first-order valence-electron chi connectivity index (χ1n) is 26.7. The third-order valence-electron chi connectivity index (χ3n) is 13.9. The molecule has 0 aliphatic rings. The van der Waals surface area contributed by atoms with Gasteiger partial charge in [0.2, 0.25) is 0 Å². The van der Waals surface area contributed by atoms with Gasteiger partial charge in [-0.2, -0.15) is 15.5 Å². The number of sulfone groups is 4. The number of amidine groups is 2. The summed E-state index contributed by atoms with van der Waals surface area (Å²) in [4.78, 5) is 19.6. The van der Waals surface area contributed by atoms with E-state index in [1.54, 1.807) is 54.7 Å². The molecule has 484 valence electrons. The fourth-order valence-electron chi connectivity index (χ4n) is 7.12. The number of nitriles is 1. The number of H-pyrrole nitrogens is 1. The Labute approximate surface area is 551 Å². The van der Waals surface area contributed by atoms with Crippen LogP contribution < -0.4 is 11.5 Å². The Hall–Kier alpha value is -5.95. The average molecular weight is 1450 g/mol. The summed E-state index contributed by atoms with van der Waals surface area (Å²) in [5.74, 6) is -0.337. The van der Waals surface area contributed by atoms with E-state index >= 15 is 0 Å². The van der Waals surface area contributed by atoms with Crippen LogP contribution in [0.3, 0.4) is 0 Å². The van der Waals surface area contributed by atoms with Crippen LogP contribution >= 0.6 is 62.3 Å².